The quantitative estimate of drug-likeness (QED) is 0.874. The predicted octanol–water partition coefficient (Wildman–Crippen LogP) is 0.737. The number of nitrogens with zero attached hydrogens (tertiary/aromatic N) is 3. The lowest BCUT2D eigenvalue weighted by atomic mass is 10.3. The Kier molecular flexibility index (Phi) is 9.01. The SMILES string of the molecule is Cc1cccc(C(=O)N(C)CC(=O)N2CCNCC2)n1.Cl.Cl. The van der Waals surface area contributed by atoms with Crippen molar-refractivity contribution in [3.63, 3.8) is 0 Å². The fraction of sp³-hybridized carbons (Fsp3) is 0.500. The Morgan fingerprint density at radius 1 is 1.27 bits per heavy atom. The highest BCUT2D eigenvalue weighted by Gasteiger charge is 2.21. The molecular formula is C14H22Cl2N4O2. The van der Waals surface area contributed by atoms with Crippen LogP contribution in [0.4, 0.5) is 0 Å². The van der Waals surface area contributed by atoms with Gasteiger partial charge in [-0.05, 0) is 19.1 Å². The lowest BCUT2D eigenvalue weighted by Crippen LogP contribution is -2.49. The van der Waals surface area contributed by atoms with Gasteiger partial charge in [-0.3, -0.25) is 9.59 Å². The maximum Gasteiger partial charge on any atom is 0.272 e. The Morgan fingerprint density at radius 2 is 1.91 bits per heavy atom. The summed E-state index contributed by atoms with van der Waals surface area (Å²) in [6.07, 6.45) is 0. The van der Waals surface area contributed by atoms with E-state index in [1.165, 1.54) is 4.90 Å². The molecule has 22 heavy (non-hydrogen) atoms. The maximum atomic E-state index is 12.2. The number of likely N-dealkylation sites (N-methyl/N-ethyl adjacent to an activating group) is 1. The summed E-state index contributed by atoms with van der Waals surface area (Å²) in [5, 5.41) is 3.19. The van der Waals surface area contributed by atoms with E-state index in [1.807, 2.05) is 13.0 Å². The number of halogens is 2. The number of carbonyl (C=O) groups is 2. The van der Waals surface area contributed by atoms with Crippen molar-refractivity contribution in [2.45, 2.75) is 6.92 Å². The molecule has 0 aliphatic carbocycles. The maximum absolute atomic E-state index is 12.2. The van der Waals surface area contributed by atoms with E-state index in [0.717, 1.165) is 18.8 Å². The van der Waals surface area contributed by atoms with E-state index < -0.39 is 0 Å². The molecule has 2 heterocycles. The predicted molar refractivity (Wildman–Crippen MR) is 89.9 cm³/mol. The van der Waals surface area contributed by atoms with Gasteiger partial charge >= 0.3 is 0 Å². The molecule has 6 nitrogen and oxygen atoms in total. The monoisotopic (exact) mass is 348 g/mol. The van der Waals surface area contributed by atoms with Gasteiger partial charge in [0.1, 0.15) is 5.69 Å². The Morgan fingerprint density at radius 3 is 2.50 bits per heavy atom. The Hall–Kier alpha value is -1.37. The van der Waals surface area contributed by atoms with Crippen molar-refractivity contribution in [2.75, 3.05) is 39.8 Å². The minimum atomic E-state index is -0.225. The molecule has 1 aromatic rings. The zero-order valence-corrected chi connectivity index (χ0v) is 14.4. The van der Waals surface area contributed by atoms with Crippen LogP contribution < -0.4 is 5.32 Å². The summed E-state index contributed by atoms with van der Waals surface area (Å²) in [5.41, 5.74) is 1.17. The third kappa shape index (κ3) is 5.44. The van der Waals surface area contributed by atoms with Crippen LogP contribution in [-0.4, -0.2) is 66.4 Å². The zero-order valence-electron chi connectivity index (χ0n) is 12.7. The molecule has 8 heteroatoms. The molecule has 1 aliphatic rings. The molecule has 2 amide bonds. The van der Waals surface area contributed by atoms with Crippen LogP contribution in [0.2, 0.25) is 0 Å². The largest absolute Gasteiger partial charge is 0.339 e. The first-order chi connectivity index (χ1) is 9.58. The lowest BCUT2D eigenvalue weighted by molar-refractivity contribution is -0.132. The number of amides is 2. The van der Waals surface area contributed by atoms with Gasteiger partial charge in [-0.15, -0.1) is 24.8 Å². The van der Waals surface area contributed by atoms with Crippen molar-refractivity contribution < 1.29 is 9.59 Å². The minimum Gasteiger partial charge on any atom is -0.339 e. The van der Waals surface area contributed by atoms with Crippen LogP contribution in [0.1, 0.15) is 16.2 Å². The number of nitrogens with one attached hydrogen (secondary N) is 1. The summed E-state index contributed by atoms with van der Waals surface area (Å²) < 4.78 is 0. The third-order valence-electron chi connectivity index (χ3n) is 3.30. The summed E-state index contributed by atoms with van der Waals surface area (Å²) in [6, 6.07) is 5.30. The van der Waals surface area contributed by atoms with Crippen LogP contribution in [0.3, 0.4) is 0 Å². The number of carbonyl (C=O) groups excluding carboxylic acids is 2. The van der Waals surface area contributed by atoms with Crippen LogP contribution in [0, 0.1) is 6.92 Å². The van der Waals surface area contributed by atoms with E-state index in [-0.39, 0.29) is 43.2 Å². The second-order valence-corrected chi connectivity index (χ2v) is 4.96. The molecule has 2 rings (SSSR count). The van der Waals surface area contributed by atoms with E-state index in [1.54, 1.807) is 24.1 Å². The van der Waals surface area contributed by atoms with Crippen molar-refractivity contribution in [3.05, 3.63) is 29.6 Å². The summed E-state index contributed by atoms with van der Waals surface area (Å²) >= 11 is 0. The molecule has 0 bridgehead atoms. The molecule has 1 saturated heterocycles. The lowest BCUT2D eigenvalue weighted by Gasteiger charge is -2.29. The van der Waals surface area contributed by atoms with Crippen LogP contribution in [0.15, 0.2) is 18.2 Å². The summed E-state index contributed by atoms with van der Waals surface area (Å²) in [5.74, 6) is -0.243. The van der Waals surface area contributed by atoms with Crippen LogP contribution in [0.25, 0.3) is 0 Å². The highest BCUT2D eigenvalue weighted by atomic mass is 35.5. The number of rotatable bonds is 3. The second kappa shape index (κ2) is 9.61. The number of piperazine rings is 1. The van der Waals surface area contributed by atoms with E-state index in [9.17, 15) is 9.59 Å². The minimum absolute atomic E-state index is 0. The highest BCUT2D eigenvalue weighted by Crippen LogP contribution is 2.03. The number of hydrogen-bond acceptors (Lipinski definition) is 4. The molecule has 0 radical (unpaired) electrons. The summed E-state index contributed by atoms with van der Waals surface area (Å²) in [6.45, 7) is 4.94. The average molecular weight is 349 g/mol. The van der Waals surface area contributed by atoms with E-state index in [2.05, 4.69) is 10.3 Å². The van der Waals surface area contributed by atoms with Gasteiger partial charge in [-0.2, -0.15) is 0 Å². The first kappa shape index (κ1) is 20.6. The zero-order chi connectivity index (χ0) is 14.5. The molecule has 0 atom stereocenters. The van der Waals surface area contributed by atoms with Crippen molar-refractivity contribution in [2.24, 2.45) is 0 Å². The van der Waals surface area contributed by atoms with Gasteiger partial charge in [-0.25, -0.2) is 4.98 Å². The average Bonchev–Trinajstić information content (AvgIpc) is 2.47. The number of aryl methyl sites for hydroxylation is 1. The van der Waals surface area contributed by atoms with Gasteiger partial charge in [0, 0.05) is 38.9 Å². The molecule has 1 fully saturated rings. The molecule has 0 aromatic carbocycles. The smallest absolute Gasteiger partial charge is 0.272 e. The number of aromatic nitrogens is 1. The van der Waals surface area contributed by atoms with Gasteiger partial charge < -0.3 is 15.1 Å². The van der Waals surface area contributed by atoms with Gasteiger partial charge in [0.2, 0.25) is 5.91 Å². The van der Waals surface area contributed by atoms with Gasteiger partial charge in [0.15, 0.2) is 0 Å². The molecule has 0 unspecified atom stereocenters. The van der Waals surface area contributed by atoms with Crippen LogP contribution in [-0.2, 0) is 4.79 Å². The van der Waals surface area contributed by atoms with Gasteiger partial charge in [0.05, 0.1) is 6.54 Å². The summed E-state index contributed by atoms with van der Waals surface area (Å²) in [4.78, 5) is 31.7. The van der Waals surface area contributed by atoms with Crippen molar-refractivity contribution in [1.82, 2.24) is 20.1 Å². The van der Waals surface area contributed by atoms with Crippen molar-refractivity contribution in [1.29, 1.82) is 0 Å². The highest BCUT2D eigenvalue weighted by molar-refractivity contribution is 5.94. The molecule has 1 N–H and O–H groups in total. The fourth-order valence-electron chi connectivity index (χ4n) is 2.15. The molecule has 1 aromatic heterocycles. The first-order valence-corrected chi connectivity index (χ1v) is 6.75. The molecule has 124 valence electrons. The molecule has 0 saturated carbocycles. The standard InChI is InChI=1S/C14H20N4O2.2ClH/c1-11-4-3-5-12(16-11)14(20)17(2)10-13(19)18-8-6-15-7-9-18;;/h3-5,15H,6-10H2,1-2H3;2*1H. The Bertz CT molecular complexity index is 507. The van der Waals surface area contributed by atoms with Crippen molar-refractivity contribution >= 4 is 36.6 Å². The second-order valence-electron chi connectivity index (χ2n) is 4.96. The molecule has 0 spiro atoms. The Labute approximate surface area is 143 Å². The third-order valence-corrected chi connectivity index (χ3v) is 3.30. The van der Waals surface area contributed by atoms with Crippen LogP contribution in [0.5, 0.6) is 0 Å². The Balaban J connectivity index is 0.00000220. The van der Waals surface area contributed by atoms with E-state index >= 15 is 0 Å². The van der Waals surface area contributed by atoms with Gasteiger partial charge in [0.25, 0.3) is 5.91 Å². The van der Waals surface area contributed by atoms with Crippen LogP contribution >= 0.6 is 24.8 Å². The normalized spacial score (nSPS) is 13.6. The van der Waals surface area contributed by atoms with E-state index in [4.69, 9.17) is 0 Å². The molecular weight excluding hydrogens is 327 g/mol. The molecule has 1 aliphatic heterocycles. The van der Waals surface area contributed by atoms with Gasteiger partial charge in [-0.1, -0.05) is 6.07 Å². The topological polar surface area (TPSA) is 65.5 Å². The van der Waals surface area contributed by atoms with Crippen molar-refractivity contribution in [3.8, 4) is 0 Å². The number of hydrogen-bond donors (Lipinski definition) is 1. The van der Waals surface area contributed by atoms with E-state index in [0.29, 0.717) is 18.8 Å². The fourth-order valence-corrected chi connectivity index (χ4v) is 2.15. The number of pyridine rings is 1. The summed E-state index contributed by atoms with van der Waals surface area (Å²) in [7, 11) is 1.63. The first-order valence-electron chi connectivity index (χ1n) is 6.75.